The van der Waals surface area contributed by atoms with E-state index >= 15 is 0 Å². The molecule has 0 atom stereocenters. The molecule has 3 rings (SSSR count). The monoisotopic (exact) mass is 744 g/mol. The van der Waals surface area contributed by atoms with E-state index < -0.39 is 29.4 Å². The van der Waals surface area contributed by atoms with E-state index in [-0.39, 0.29) is 61.5 Å². The molecule has 0 spiro atoms. The zero-order valence-electron chi connectivity index (χ0n) is 19.8. The molecular formula is C25H14Cl10O5. The summed E-state index contributed by atoms with van der Waals surface area (Å²) in [6, 6.07) is 6.24. The fourth-order valence-corrected chi connectivity index (χ4v) is 5.59. The van der Waals surface area contributed by atoms with Crippen molar-refractivity contribution in [2.45, 2.75) is 25.7 Å². The Bertz CT molecular complexity index is 1340. The van der Waals surface area contributed by atoms with Crippen LogP contribution in [0.15, 0.2) is 24.3 Å². The van der Waals surface area contributed by atoms with Crippen LogP contribution in [0, 0.1) is 0 Å². The fraction of sp³-hybridized carbons (Fsp3) is 0.200. The lowest BCUT2D eigenvalue weighted by molar-refractivity contribution is -0.147. The molecule has 0 amide bonds. The highest BCUT2D eigenvalue weighted by Crippen LogP contribution is 2.50. The van der Waals surface area contributed by atoms with E-state index in [9.17, 15) is 9.59 Å². The zero-order valence-corrected chi connectivity index (χ0v) is 27.4. The molecule has 0 aliphatic rings. The Labute approximate surface area is 279 Å². The summed E-state index contributed by atoms with van der Waals surface area (Å²) in [5.41, 5.74) is 0.0745. The molecule has 15 heteroatoms. The molecule has 0 unspecified atom stereocenters. The number of ether oxygens (including phenoxy) is 3. The van der Waals surface area contributed by atoms with Crippen LogP contribution in [0.4, 0.5) is 0 Å². The Morgan fingerprint density at radius 1 is 0.625 bits per heavy atom. The Morgan fingerprint density at radius 2 is 1.00 bits per heavy atom. The number of hydrogen-bond donors (Lipinski definition) is 0. The van der Waals surface area contributed by atoms with Gasteiger partial charge >= 0.3 is 11.9 Å². The molecule has 40 heavy (non-hydrogen) atoms. The SMILES string of the molecule is CCCCOc1ccccc1C(C(=O)Oc1c(Cl)c(Cl)c(Cl)c(Cl)c1Cl)C(=O)Oc1c(Cl)c(Cl)c(Cl)c(Cl)c1Cl. The van der Waals surface area contributed by atoms with Gasteiger partial charge in [-0.15, -0.1) is 0 Å². The van der Waals surface area contributed by atoms with Crippen LogP contribution in [0.25, 0.3) is 0 Å². The number of esters is 2. The summed E-state index contributed by atoms with van der Waals surface area (Å²) in [4.78, 5) is 27.3. The lowest BCUT2D eigenvalue weighted by Crippen LogP contribution is -2.30. The normalized spacial score (nSPS) is 11.1. The van der Waals surface area contributed by atoms with Gasteiger partial charge in [-0.2, -0.15) is 0 Å². The molecule has 0 bridgehead atoms. The molecular weight excluding hydrogens is 735 g/mol. The van der Waals surface area contributed by atoms with Crippen LogP contribution in [0.5, 0.6) is 17.2 Å². The number of benzene rings is 3. The van der Waals surface area contributed by atoms with E-state index in [0.29, 0.717) is 13.0 Å². The minimum absolute atomic E-state index is 0.0745. The third kappa shape index (κ3) is 7.08. The van der Waals surface area contributed by atoms with Gasteiger partial charge in [0.25, 0.3) is 0 Å². The summed E-state index contributed by atoms with van der Waals surface area (Å²) in [5, 5.41) is -2.53. The van der Waals surface area contributed by atoms with Crippen molar-refractivity contribution in [3.05, 3.63) is 80.1 Å². The van der Waals surface area contributed by atoms with E-state index in [1.165, 1.54) is 6.07 Å². The Morgan fingerprint density at radius 3 is 1.40 bits per heavy atom. The van der Waals surface area contributed by atoms with Gasteiger partial charge in [-0.1, -0.05) is 148 Å². The first-order chi connectivity index (χ1) is 18.8. The molecule has 3 aromatic carbocycles. The van der Waals surface area contributed by atoms with Gasteiger partial charge in [0.1, 0.15) is 25.8 Å². The number of para-hydroxylation sites is 1. The zero-order chi connectivity index (χ0) is 29.9. The molecule has 3 aromatic rings. The minimum Gasteiger partial charge on any atom is -0.493 e. The van der Waals surface area contributed by atoms with Gasteiger partial charge in [-0.3, -0.25) is 9.59 Å². The number of carbonyl (C=O) groups is 2. The van der Waals surface area contributed by atoms with Gasteiger partial charge in [0.05, 0.1) is 36.7 Å². The summed E-state index contributed by atoms with van der Waals surface area (Å²) in [6.07, 6.45) is 1.54. The first-order valence-corrected chi connectivity index (χ1v) is 14.8. The molecule has 0 N–H and O–H groups in total. The Kier molecular flexibility index (Phi) is 12.4. The number of unbranched alkanes of at least 4 members (excludes halogenated alkanes) is 1. The van der Waals surface area contributed by atoms with E-state index in [0.717, 1.165) is 6.42 Å². The average molecular weight is 749 g/mol. The van der Waals surface area contributed by atoms with Crippen LogP contribution in [0.2, 0.25) is 50.2 Å². The molecule has 0 aromatic heterocycles. The largest absolute Gasteiger partial charge is 0.493 e. The van der Waals surface area contributed by atoms with Gasteiger partial charge in [0.15, 0.2) is 17.4 Å². The second-order valence-corrected chi connectivity index (χ2v) is 11.6. The molecule has 0 fully saturated rings. The van der Waals surface area contributed by atoms with Crippen molar-refractivity contribution in [3.63, 3.8) is 0 Å². The van der Waals surface area contributed by atoms with Gasteiger partial charge in [0, 0.05) is 5.56 Å². The van der Waals surface area contributed by atoms with Crippen LogP contribution >= 0.6 is 116 Å². The van der Waals surface area contributed by atoms with Crippen molar-refractivity contribution in [1.29, 1.82) is 0 Å². The second kappa shape index (κ2) is 14.7. The summed E-state index contributed by atoms with van der Waals surface area (Å²) in [5.74, 6) is -4.89. The van der Waals surface area contributed by atoms with Gasteiger partial charge < -0.3 is 14.2 Å². The fourth-order valence-electron chi connectivity index (χ4n) is 3.19. The topological polar surface area (TPSA) is 61.8 Å². The second-order valence-electron chi connectivity index (χ2n) is 7.81. The lowest BCUT2D eigenvalue weighted by atomic mass is 9.98. The molecule has 214 valence electrons. The summed E-state index contributed by atoms with van der Waals surface area (Å²) >= 11 is 61.4. The van der Waals surface area contributed by atoms with Crippen LogP contribution in [-0.4, -0.2) is 18.5 Å². The van der Waals surface area contributed by atoms with Crippen LogP contribution in [-0.2, 0) is 9.59 Å². The van der Waals surface area contributed by atoms with E-state index in [1.54, 1.807) is 18.2 Å². The minimum atomic E-state index is -1.81. The Hall–Kier alpha value is -0.700. The first-order valence-electron chi connectivity index (χ1n) is 11.0. The van der Waals surface area contributed by atoms with Gasteiger partial charge in [0.2, 0.25) is 0 Å². The predicted octanol–water partition coefficient (Wildman–Crippen LogP) is 11.7. The molecule has 0 heterocycles. The molecule has 5 nitrogen and oxygen atoms in total. The first kappa shape index (κ1) is 33.8. The third-order valence-corrected chi connectivity index (χ3v) is 9.69. The maximum atomic E-state index is 13.6. The number of hydrogen-bond acceptors (Lipinski definition) is 5. The highest BCUT2D eigenvalue weighted by Gasteiger charge is 2.38. The summed E-state index contributed by atoms with van der Waals surface area (Å²) in [6.45, 7) is 2.27. The molecule has 0 radical (unpaired) electrons. The quantitative estimate of drug-likeness (QED) is 0.0544. The van der Waals surface area contributed by atoms with Crippen LogP contribution in [0.1, 0.15) is 31.2 Å². The van der Waals surface area contributed by atoms with E-state index in [2.05, 4.69) is 0 Å². The predicted molar refractivity (Wildman–Crippen MR) is 164 cm³/mol. The Balaban J connectivity index is 2.13. The van der Waals surface area contributed by atoms with Gasteiger partial charge in [-0.25, -0.2) is 0 Å². The summed E-state index contributed by atoms with van der Waals surface area (Å²) in [7, 11) is 0. The number of halogens is 10. The van der Waals surface area contributed by atoms with Crippen molar-refractivity contribution in [2.24, 2.45) is 0 Å². The lowest BCUT2D eigenvalue weighted by Gasteiger charge is -2.21. The number of rotatable bonds is 9. The van der Waals surface area contributed by atoms with Crippen molar-refractivity contribution < 1.29 is 23.8 Å². The van der Waals surface area contributed by atoms with Crippen LogP contribution < -0.4 is 14.2 Å². The van der Waals surface area contributed by atoms with Crippen molar-refractivity contribution in [1.82, 2.24) is 0 Å². The molecule has 0 aliphatic carbocycles. The maximum Gasteiger partial charge on any atom is 0.330 e. The van der Waals surface area contributed by atoms with Crippen molar-refractivity contribution in [3.8, 4) is 17.2 Å². The van der Waals surface area contributed by atoms with Crippen molar-refractivity contribution >= 4 is 128 Å². The molecule has 0 aliphatic heterocycles. The van der Waals surface area contributed by atoms with Crippen molar-refractivity contribution in [2.75, 3.05) is 6.61 Å². The standard InChI is InChI=1S/C25H14Cl10O5/c1-2-3-8-38-10-7-5-4-6-9(10)11(24(36)39-22-18(32)14(28)12(26)15(29)19(22)33)25(37)40-23-20(34)16(30)13(27)17(31)21(23)35/h4-7,11H,2-3,8H2,1H3. The number of carbonyl (C=O) groups excluding carboxylic acids is 2. The highest BCUT2D eigenvalue weighted by atomic mass is 35.5. The molecule has 0 saturated heterocycles. The molecule has 0 saturated carbocycles. The van der Waals surface area contributed by atoms with Crippen LogP contribution in [0.3, 0.4) is 0 Å². The summed E-state index contributed by atoms with van der Waals surface area (Å²) < 4.78 is 16.7. The third-order valence-electron chi connectivity index (χ3n) is 5.20. The van der Waals surface area contributed by atoms with E-state index in [1.807, 2.05) is 6.92 Å². The average Bonchev–Trinajstić information content (AvgIpc) is 2.94. The smallest absolute Gasteiger partial charge is 0.330 e. The van der Waals surface area contributed by atoms with E-state index in [4.69, 9.17) is 130 Å². The highest BCUT2D eigenvalue weighted by molar-refractivity contribution is 6.57. The van der Waals surface area contributed by atoms with Gasteiger partial charge in [-0.05, 0) is 12.5 Å². The maximum absolute atomic E-state index is 13.6.